The molecule has 0 spiro atoms. The average molecular weight is 255 g/mol. The molecular formula is C11H17N3O4. The Labute approximate surface area is 105 Å². The topological polar surface area (TPSA) is 95.7 Å². The normalized spacial score (nSPS) is 12.0. The lowest BCUT2D eigenvalue weighted by molar-refractivity contribution is -0.141. The number of carboxylic acid groups (broad SMARTS) is 1. The van der Waals surface area contributed by atoms with Crippen molar-refractivity contribution in [3.8, 4) is 0 Å². The number of rotatable bonds is 4. The predicted molar refractivity (Wildman–Crippen MR) is 63.1 cm³/mol. The molecule has 1 unspecified atom stereocenters. The highest BCUT2D eigenvalue weighted by atomic mass is 16.5. The molecule has 1 atom stereocenters. The molecule has 1 rings (SSSR count). The molecule has 0 aromatic carbocycles. The number of nitrogens with one attached hydrogen (secondary N) is 1. The van der Waals surface area contributed by atoms with E-state index < -0.39 is 18.0 Å². The number of aliphatic carboxylic acids is 1. The summed E-state index contributed by atoms with van der Waals surface area (Å²) in [6.07, 6.45) is 0. The maximum absolute atomic E-state index is 11.7. The maximum atomic E-state index is 11.7. The number of urea groups is 1. The lowest BCUT2D eigenvalue weighted by Crippen LogP contribution is -2.45. The summed E-state index contributed by atoms with van der Waals surface area (Å²) in [5.74, 6) is -0.410. The van der Waals surface area contributed by atoms with E-state index in [1.54, 1.807) is 13.8 Å². The average Bonchev–Trinajstić information content (AvgIpc) is 2.64. The Kier molecular flexibility index (Phi) is 4.30. The molecule has 7 heteroatoms. The van der Waals surface area contributed by atoms with E-state index in [2.05, 4.69) is 10.5 Å². The van der Waals surface area contributed by atoms with E-state index in [0.29, 0.717) is 11.5 Å². The lowest BCUT2D eigenvalue weighted by atomic mass is 10.2. The molecule has 0 fully saturated rings. The van der Waals surface area contributed by atoms with Gasteiger partial charge in [-0.05, 0) is 20.8 Å². The number of carbonyl (C=O) groups excluding carboxylic acids is 1. The monoisotopic (exact) mass is 255 g/mol. The number of likely N-dealkylation sites (N-methyl/N-ethyl adjacent to an activating group) is 1. The van der Waals surface area contributed by atoms with Gasteiger partial charge in [-0.2, -0.15) is 0 Å². The van der Waals surface area contributed by atoms with E-state index >= 15 is 0 Å². The highest BCUT2D eigenvalue weighted by Crippen LogP contribution is 2.11. The van der Waals surface area contributed by atoms with Crippen LogP contribution < -0.4 is 5.32 Å². The third kappa shape index (κ3) is 2.99. The van der Waals surface area contributed by atoms with Crippen molar-refractivity contribution < 1.29 is 19.2 Å². The van der Waals surface area contributed by atoms with E-state index in [9.17, 15) is 9.59 Å². The zero-order chi connectivity index (χ0) is 13.9. The first-order valence-electron chi connectivity index (χ1n) is 5.49. The van der Waals surface area contributed by atoms with Gasteiger partial charge in [0.2, 0.25) is 0 Å². The standard InChI is InChI=1S/C11H17N3O4/c1-6-9(8(3)18-13-6)5-12-11(17)14(4)7(2)10(15)16/h7H,5H2,1-4H3,(H,12,17)(H,15,16). The summed E-state index contributed by atoms with van der Waals surface area (Å²) in [4.78, 5) is 23.6. The van der Waals surface area contributed by atoms with Gasteiger partial charge < -0.3 is 19.8 Å². The zero-order valence-corrected chi connectivity index (χ0v) is 10.9. The fourth-order valence-corrected chi connectivity index (χ4v) is 1.38. The molecule has 0 aliphatic carbocycles. The smallest absolute Gasteiger partial charge is 0.326 e. The van der Waals surface area contributed by atoms with Crippen LogP contribution in [0.4, 0.5) is 4.79 Å². The lowest BCUT2D eigenvalue weighted by Gasteiger charge is -2.21. The van der Waals surface area contributed by atoms with Crippen molar-refractivity contribution in [1.82, 2.24) is 15.4 Å². The molecule has 0 aliphatic rings. The van der Waals surface area contributed by atoms with Gasteiger partial charge in [-0.1, -0.05) is 5.16 Å². The molecular weight excluding hydrogens is 238 g/mol. The summed E-state index contributed by atoms with van der Waals surface area (Å²) in [5.41, 5.74) is 1.52. The van der Waals surface area contributed by atoms with E-state index in [0.717, 1.165) is 10.5 Å². The van der Waals surface area contributed by atoms with Crippen LogP contribution >= 0.6 is 0 Å². The molecule has 0 bridgehead atoms. The first-order valence-corrected chi connectivity index (χ1v) is 5.49. The summed E-state index contributed by atoms with van der Waals surface area (Å²) >= 11 is 0. The van der Waals surface area contributed by atoms with Gasteiger partial charge in [0, 0.05) is 19.2 Å². The van der Waals surface area contributed by atoms with E-state index in [1.165, 1.54) is 14.0 Å². The predicted octanol–water partition coefficient (Wildman–Crippen LogP) is 0.906. The number of carboxylic acids is 1. The van der Waals surface area contributed by atoms with E-state index in [4.69, 9.17) is 9.63 Å². The quantitative estimate of drug-likeness (QED) is 0.833. The molecule has 2 N–H and O–H groups in total. The van der Waals surface area contributed by atoms with Crippen LogP contribution in [-0.4, -0.2) is 40.3 Å². The highest BCUT2D eigenvalue weighted by molar-refractivity contribution is 5.82. The Morgan fingerprint density at radius 1 is 1.50 bits per heavy atom. The van der Waals surface area contributed by atoms with Gasteiger partial charge in [0.25, 0.3) is 0 Å². The number of nitrogens with zero attached hydrogens (tertiary/aromatic N) is 2. The van der Waals surface area contributed by atoms with Crippen molar-refractivity contribution in [3.63, 3.8) is 0 Å². The van der Waals surface area contributed by atoms with Gasteiger partial charge in [0.15, 0.2) is 0 Å². The van der Waals surface area contributed by atoms with Crippen molar-refractivity contribution in [2.45, 2.75) is 33.4 Å². The van der Waals surface area contributed by atoms with Crippen LogP contribution in [0.5, 0.6) is 0 Å². The molecule has 0 radical (unpaired) electrons. The summed E-state index contributed by atoms with van der Waals surface area (Å²) in [5, 5.41) is 15.2. The number of aryl methyl sites for hydroxylation is 2. The second-order valence-electron chi connectivity index (χ2n) is 4.09. The van der Waals surface area contributed by atoms with Crippen molar-refractivity contribution >= 4 is 12.0 Å². The molecule has 18 heavy (non-hydrogen) atoms. The Hall–Kier alpha value is -2.05. The van der Waals surface area contributed by atoms with Crippen molar-refractivity contribution in [2.24, 2.45) is 0 Å². The van der Waals surface area contributed by atoms with Gasteiger partial charge in [0.1, 0.15) is 11.8 Å². The molecule has 0 aliphatic heterocycles. The van der Waals surface area contributed by atoms with Gasteiger partial charge in [-0.15, -0.1) is 0 Å². The second kappa shape index (κ2) is 5.52. The minimum absolute atomic E-state index is 0.261. The SMILES string of the molecule is Cc1noc(C)c1CNC(=O)N(C)C(C)C(=O)O. The Morgan fingerprint density at radius 3 is 2.56 bits per heavy atom. The maximum Gasteiger partial charge on any atom is 0.326 e. The highest BCUT2D eigenvalue weighted by Gasteiger charge is 2.21. The summed E-state index contributed by atoms with van der Waals surface area (Å²) in [6.45, 7) is 5.24. The number of carbonyl (C=O) groups is 2. The van der Waals surface area contributed by atoms with Crippen LogP contribution in [0.1, 0.15) is 23.9 Å². The van der Waals surface area contributed by atoms with Crippen LogP contribution in [-0.2, 0) is 11.3 Å². The first-order chi connectivity index (χ1) is 8.34. The second-order valence-corrected chi connectivity index (χ2v) is 4.09. The molecule has 100 valence electrons. The molecule has 0 saturated carbocycles. The zero-order valence-electron chi connectivity index (χ0n) is 10.9. The van der Waals surface area contributed by atoms with Gasteiger partial charge in [-0.3, -0.25) is 0 Å². The summed E-state index contributed by atoms with van der Waals surface area (Å²) < 4.78 is 4.96. The van der Waals surface area contributed by atoms with Crippen LogP contribution in [0, 0.1) is 13.8 Å². The van der Waals surface area contributed by atoms with Crippen LogP contribution in [0.2, 0.25) is 0 Å². The van der Waals surface area contributed by atoms with Gasteiger partial charge in [-0.25, -0.2) is 9.59 Å². The fourth-order valence-electron chi connectivity index (χ4n) is 1.38. The molecule has 1 heterocycles. The number of hydrogen-bond acceptors (Lipinski definition) is 4. The largest absolute Gasteiger partial charge is 0.480 e. The third-order valence-electron chi connectivity index (χ3n) is 2.86. The Balaban J connectivity index is 2.59. The van der Waals surface area contributed by atoms with Gasteiger partial charge in [0.05, 0.1) is 5.69 Å². The van der Waals surface area contributed by atoms with Crippen molar-refractivity contribution in [2.75, 3.05) is 7.05 Å². The third-order valence-corrected chi connectivity index (χ3v) is 2.86. The molecule has 0 saturated heterocycles. The summed E-state index contributed by atoms with van der Waals surface area (Å²) in [6, 6.07) is -1.33. The minimum atomic E-state index is -1.05. The number of aromatic nitrogens is 1. The Bertz CT molecular complexity index is 436. The number of amides is 2. The molecule has 2 amide bonds. The first kappa shape index (κ1) is 14.0. The number of hydrogen-bond donors (Lipinski definition) is 2. The summed E-state index contributed by atoms with van der Waals surface area (Å²) in [7, 11) is 1.43. The van der Waals surface area contributed by atoms with Crippen LogP contribution in [0.25, 0.3) is 0 Å². The Morgan fingerprint density at radius 2 is 2.11 bits per heavy atom. The van der Waals surface area contributed by atoms with Crippen molar-refractivity contribution in [3.05, 3.63) is 17.0 Å². The van der Waals surface area contributed by atoms with Gasteiger partial charge >= 0.3 is 12.0 Å². The molecule has 7 nitrogen and oxygen atoms in total. The molecule has 1 aromatic rings. The van der Waals surface area contributed by atoms with E-state index in [-0.39, 0.29) is 6.54 Å². The van der Waals surface area contributed by atoms with E-state index in [1.807, 2.05) is 0 Å². The van der Waals surface area contributed by atoms with Crippen LogP contribution in [0.15, 0.2) is 4.52 Å². The molecule has 1 aromatic heterocycles. The van der Waals surface area contributed by atoms with Crippen LogP contribution in [0.3, 0.4) is 0 Å². The fraction of sp³-hybridized carbons (Fsp3) is 0.545. The minimum Gasteiger partial charge on any atom is -0.480 e. The van der Waals surface area contributed by atoms with Crippen molar-refractivity contribution in [1.29, 1.82) is 0 Å².